The van der Waals surface area contributed by atoms with Crippen LogP contribution in [-0.2, 0) is 6.42 Å². The highest BCUT2D eigenvalue weighted by Crippen LogP contribution is 2.38. The summed E-state index contributed by atoms with van der Waals surface area (Å²) in [5.41, 5.74) is 8.55. The number of hydrogen-bond donors (Lipinski definition) is 1. The van der Waals surface area contributed by atoms with E-state index < -0.39 is 0 Å². The van der Waals surface area contributed by atoms with E-state index in [0.29, 0.717) is 0 Å². The zero-order valence-electron chi connectivity index (χ0n) is 9.15. The fourth-order valence-corrected chi connectivity index (χ4v) is 3.35. The van der Waals surface area contributed by atoms with Crippen molar-refractivity contribution in [3.8, 4) is 5.75 Å². The average molecular weight is 266 g/mol. The minimum atomic E-state index is -0.199. The minimum Gasteiger partial charge on any atom is -0.493 e. The van der Waals surface area contributed by atoms with E-state index in [4.69, 9.17) is 22.1 Å². The molecule has 2 N–H and O–H groups in total. The molecule has 0 bridgehead atoms. The summed E-state index contributed by atoms with van der Waals surface area (Å²) in [4.78, 5) is 0.996. The Kier molecular flexibility index (Phi) is 2.82. The Morgan fingerprint density at radius 1 is 1.35 bits per heavy atom. The van der Waals surface area contributed by atoms with Crippen molar-refractivity contribution in [2.24, 2.45) is 5.73 Å². The summed E-state index contributed by atoms with van der Waals surface area (Å²) in [5, 5.41) is 2.69. The molecule has 88 valence electrons. The first-order valence-corrected chi connectivity index (χ1v) is 6.76. The van der Waals surface area contributed by atoms with E-state index in [9.17, 15) is 0 Å². The normalized spacial score (nSPS) is 15.4. The maximum absolute atomic E-state index is 6.28. The van der Waals surface area contributed by atoms with Gasteiger partial charge in [-0.15, -0.1) is 11.3 Å². The molecular formula is C13H12ClNOS. The molecule has 2 heterocycles. The second-order valence-corrected chi connectivity index (χ2v) is 5.40. The molecule has 2 aromatic rings. The molecule has 0 amide bonds. The third-order valence-electron chi connectivity index (χ3n) is 3.01. The quantitative estimate of drug-likeness (QED) is 0.903. The highest BCUT2D eigenvalue weighted by molar-refractivity contribution is 7.10. The Bertz CT molecular complexity index is 552. The SMILES string of the molecule is NC(c1cccc2c1OCC2)c1sccc1Cl. The molecule has 0 radical (unpaired) electrons. The van der Waals surface area contributed by atoms with Gasteiger partial charge in [-0.1, -0.05) is 29.8 Å². The van der Waals surface area contributed by atoms with Crippen molar-refractivity contribution < 1.29 is 4.74 Å². The second kappa shape index (κ2) is 4.33. The molecule has 0 spiro atoms. The zero-order valence-corrected chi connectivity index (χ0v) is 10.7. The summed E-state index contributed by atoms with van der Waals surface area (Å²) in [7, 11) is 0. The summed E-state index contributed by atoms with van der Waals surface area (Å²) in [6, 6.07) is 7.82. The van der Waals surface area contributed by atoms with Crippen LogP contribution in [0.5, 0.6) is 5.75 Å². The molecule has 1 aliphatic heterocycles. The van der Waals surface area contributed by atoms with Crippen LogP contribution < -0.4 is 10.5 Å². The predicted molar refractivity (Wildman–Crippen MR) is 71.0 cm³/mol. The lowest BCUT2D eigenvalue weighted by Gasteiger charge is -2.14. The van der Waals surface area contributed by atoms with Crippen LogP contribution in [0.4, 0.5) is 0 Å². The van der Waals surface area contributed by atoms with Crippen LogP contribution in [0.2, 0.25) is 5.02 Å². The van der Waals surface area contributed by atoms with Crippen molar-refractivity contribution >= 4 is 22.9 Å². The Hall–Kier alpha value is -1.03. The Labute approximate surface area is 109 Å². The third kappa shape index (κ3) is 1.84. The number of benzene rings is 1. The molecule has 4 heteroatoms. The molecule has 1 aromatic heterocycles. The highest BCUT2D eigenvalue weighted by atomic mass is 35.5. The van der Waals surface area contributed by atoms with Crippen molar-refractivity contribution in [1.82, 2.24) is 0 Å². The average Bonchev–Trinajstić information content (AvgIpc) is 2.95. The van der Waals surface area contributed by atoms with Crippen LogP contribution in [0.25, 0.3) is 0 Å². The predicted octanol–water partition coefficient (Wildman–Crippen LogP) is 3.38. The van der Waals surface area contributed by atoms with Gasteiger partial charge in [-0.3, -0.25) is 0 Å². The van der Waals surface area contributed by atoms with E-state index in [1.165, 1.54) is 5.56 Å². The zero-order chi connectivity index (χ0) is 11.8. The summed E-state index contributed by atoms with van der Waals surface area (Å²) >= 11 is 7.71. The van der Waals surface area contributed by atoms with Crippen molar-refractivity contribution in [2.45, 2.75) is 12.5 Å². The van der Waals surface area contributed by atoms with Gasteiger partial charge in [-0.05, 0) is 17.0 Å². The number of para-hydroxylation sites is 1. The molecule has 1 atom stereocenters. The fraction of sp³-hybridized carbons (Fsp3) is 0.231. The molecule has 0 saturated carbocycles. The van der Waals surface area contributed by atoms with Crippen molar-refractivity contribution in [3.05, 3.63) is 50.7 Å². The van der Waals surface area contributed by atoms with E-state index in [1.54, 1.807) is 11.3 Å². The van der Waals surface area contributed by atoms with Gasteiger partial charge in [-0.25, -0.2) is 0 Å². The van der Waals surface area contributed by atoms with Crippen LogP contribution >= 0.6 is 22.9 Å². The number of thiophene rings is 1. The van der Waals surface area contributed by atoms with Gasteiger partial charge in [0.1, 0.15) is 5.75 Å². The number of ether oxygens (including phenoxy) is 1. The fourth-order valence-electron chi connectivity index (χ4n) is 2.15. The molecule has 1 unspecified atom stereocenters. The first-order valence-electron chi connectivity index (χ1n) is 5.50. The van der Waals surface area contributed by atoms with Gasteiger partial charge in [0.2, 0.25) is 0 Å². The van der Waals surface area contributed by atoms with E-state index in [2.05, 4.69) is 6.07 Å². The maximum atomic E-state index is 6.28. The largest absolute Gasteiger partial charge is 0.493 e. The molecule has 0 saturated heterocycles. The van der Waals surface area contributed by atoms with E-state index in [-0.39, 0.29) is 6.04 Å². The van der Waals surface area contributed by atoms with E-state index in [0.717, 1.165) is 34.2 Å². The van der Waals surface area contributed by atoms with Crippen LogP contribution in [0.1, 0.15) is 22.0 Å². The number of rotatable bonds is 2. The molecule has 2 nitrogen and oxygen atoms in total. The Morgan fingerprint density at radius 3 is 3.00 bits per heavy atom. The van der Waals surface area contributed by atoms with Gasteiger partial charge in [-0.2, -0.15) is 0 Å². The van der Waals surface area contributed by atoms with Crippen molar-refractivity contribution in [1.29, 1.82) is 0 Å². The molecule has 1 aliphatic rings. The van der Waals surface area contributed by atoms with Gasteiger partial charge >= 0.3 is 0 Å². The topological polar surface area (TPSA) is 35.2 Å². The first-order chi connectivity index (χ1) is 8.27. The number of hydrogen-bond acceptors (Lipinski definition) is 3. The van der Waals surface area contributed by atoms with Crippen LogP contribution in [0, 0.1) is 0 Å². The Morgan fingerprint density at radius 2 is 2.24 bits per heavy atom. The number of fused-ring (bicyclic) bond motifs is 1. The van der Waals surface area contributed by atoms with Crippen LogP contribution in [0.3, 0.4) is 0 Å². The molecule has 3 rings (SSSR count). The van der Waals surface area contributed by atoms with E-state index >= 15 is 0 Å². The molecule has 17 heavy (non-hydrogen) atoms. The van der Waals surface area contributed by atoms with Gasteiger partial charge in [0, 0.05) is 16.9 Å². The standard InChI is InChI=1S/C13H12ClNOS/c14-10-5-7-17-13(10)11(15)9-3-1-2-8-4-6-16-12(8)9/h1-3,5,7,11H,4,6,15H2. The first kappa shape index (κ1) is 11.1. The van der Waals surface area contributed by atoms with Gasteiger partial charge in [0.05, 0.1) is 17.7 Å². The van der Waals surface area contributed by atoms with Crippen LogP contribution in [0.15, 0.2) is 29.6 Å². The number of nitrogens with two attached hydrogens (primary N) is 1. The summed E-state index contributed by atoms with van der Waals surface area (Å²) in [6.45, 7) is 0.747. The van der Waals surface area contributed by atoms with Crippen LogP contribution in [-0.4, -0.2) is 6.61 Å². The lowest BCUT2D eigenvalue weighted by atomic mass is 10.0. The van der Waals surface area contributed by atoms with Crippen molar-refractivity contribution in [2.75, 3.05) is 6.61 Å². The molecular weight excluding hydrogens is 254 g/mol. The Balaban J connectivity index is 2.05. The second-order valence-electron chi connectivity index (χ2n) is 4.04. The smallest absolute Gasteiger partial charge is 0.127 e. The van der Waals surface area contributed by atoms with Gasteiger partial charge in [0.25, 0.3) is 0 Å². The number of halogens is 1. The summed E-state index contributed by atoms with van der Waals surface area (Å²) in [6.07, 6.45) is 0.966. The monoisotopic (exact) mass is 265 g/mol. The van der Waals surface area contributed by atoms with Gasteiger partial charge in [0.15, 0.2) is 0 Å². The lowest BCUT2D eigenvalue weighted by molar-refractivity contribution is 0.352. The minimum absolute atomic E-state index is 0.199. The molecule has 0 aliphatic carbocycles. The third-order valence-corrected chi connectivity index (χ3v) is 4.45. The highest BCUT2D eigenvalue weighted by Gasteiger charge is 2.22. The summed E-state index contributed by atoms with van der Waals surface area (Å²) in [5.74, 6) is 0.949. The van der Waals surface area contributed by atoms with Crippen molar-refractivity contribution in [3.63, 3.8) is 0 Å². The molecule has 1 aromatic carbocycles. The maximum Gasteiger partial charge on any atom is 0.127 e. The molecule has 0 fully saturated rings. The summed E-state index contributed by atoms with van der Waals surface area (Å²) < 4.78 is 5.67. The van der Waals surface area contributed by atoms with Gasteiger partial charge < -0.3 is 10.5 Å². The van der Waals surface area contributed by atoms with E-state index in [1.807, 2.05) is 23.6 Å². The lowest BCUT2D eigenvalue weighted by Crippen LogP contribution is -2.11.